The SMILES string of the molecule is [Cl-].[Cl-].[Pt+2].c1c[nH]cn1.c1c[nH]cn1. The maximum atomic E-state index is 3.67. The quantitative estimate of drug-likeness (QED) is 0.463. The summed E-state index contributed by atoms with van der Waals surface area (Å²) >= 11 is 0. The van der Waals surface area contributed by atoms with Crippen molar-refractivity contribution in [1.29, 1.82) is 0 Å². The van der Waals surface area contributed by atoms with Crippen LogP contribution in [0.4, 0.5) is 0 Å². The van der Waals surface area contributed by atoms with Crippen LogP contribution in [0.3, 0.4) is 0 Å². The second-order valence-corrected chi connectivity index (χ2v) is 1.52. The number of hydrogen-bond donors (Lipinski definition) is 2. The van der Waals surface area contributed by atoms with Gasteiger partial charge in [-0.25, -0.2) is 9.97 Å². The molecule has 0 aliphatic heterocycles. The molecule has 0 aliphatic carbocycles. The zero-order valence-electron chi connectivity index (χ0n) is 6.43. The molecule has 2 heterocycles. The predicted molar refractivity (Wildman–Crippen MR) is 37.2 cm³/mol. The van der Waals surface area contributed by atoms with E-state index in [1.165, 1.54) is 0 Å². The molecule has 0 fully saturated rings. The van der Waals surface area contributed by atoms with Crippen molar-refractivity contribution in [2.45, 2.75) is 0 Å². The molecule has 0 saturated carbocycles. The zero-order chi connectivity index (χ0) is 7.07. The van der Waals surface area contributed by atoms with Crippen molar-refractivity contribution in [2.75, 3.05) is 0 Å². The Morgan fingerprint density at radius 2 is 1.15 bits per heavy atom. The molecule has 2 N–H and O–H groups in total. The number of nitrogens with one attached hydrogen (secondary N) is 2. The van der Waals surface area contributed by atoms with E-state index < -0.39 is 0 Å². The average Bonchev–Trinajstić information content (AvgIpc) is 2.67. The number of hydrogen-bond acceptors (Lipinski definition) is 2. The van der Waals surface area contributed by atoms with Gasteiger partial charge in [-0.15, -0.1) is 0 Å². The Labute approximate surface area is 103 Å². The van der Waals surface area contributed by atoms with E-state index >= 15 is 0 Å². The molecule has 2 rings (SSSR count). The minimum absolute atomic E-state index is 0. The molecule has 0 bridgehead atoms. The number of H-pyrrole nitrogens is 2. The van der Waals surface area contributed by atoms with Crippen molar-refractivity contribution >= 4 is 0 Å². The normalized spacial score (nSPS) is 6.15. The molecule has 7 heteroatoms. The summed E-state index contributed by atoms with van der Waals surface area (Å²) in [5.41, 5.74) is 0. The van der Waals surface area contributed by atoms with Gasteiger partial charge < -0.3 is 34.8 Å². The summed E-state index contributed by atoms with van der Waals surface area (Å²) in [4.78, 5) is 12.8. The third kappa shape index (κ3) is 11.7. The van der Waals surface area contributed by atoms with Crippen molar-refractivity contribution in [3.63, 3.8) is 0 Å². The summed E-state index contributed by atoms with van der Waals surface area (Å²) in [6, 6.07) is 0. The van der Waals surface area contributed by atoms with E-state index in [9.17, 15) is 0 Å². The largest absolute Gasteiger partial charge is 2.00 e. The fourth-order valence-electron chi connectivity index (χ4n) is 0.430. The number of halogens is 2. The first kappa shape index (κ1) is 18.5. The molecule has 0 atom stereocenters. The minimum atomic E-state index is 0. The number of rotatable bonds is 0. The maximum absolute atomic E-state index is 3.67. The third-order valence-corrected chi connectivity index (χ3v) is 0.812. The van der Waals surface area contributed by atoms with Gasteiger partial charge >= 0.3 is 21.1 Å². The van der Waals surface area contributed by atoms with Gasteiger partial charge in [0.15, 0.2) is 0 Å². The molecule has 2 aromatic heterocycles. The third-order valence-electron chi connectivity index (χ3n) is 0.812. The first-order valence-corrected chi connectivity index (χ1v) is 2.85. The Morgan fingerprint density at radius 3 is 1.23 bits per heavy atom. The van der Waals surface area contributed by atoms with Crippen LogP contribution in [-0.2, 0) is 21.1 Å². The zero-order valence-corrected chi connectivity index (χ0v) is 10.2. The number of imidazole rings is 2. The first-order valence-electron chi connectivity index (χ1n) is 2.85. The molecule has 13 heavy (non-hydrogen) atoms. The molecule has 0 radical (unpaired) electrons. The first-order chi connectivity index (χ1) is 5.00. The van der Waals surface area contributed by atoms with Crippen LogP contribution < -0.4 is 24.8 Å². The van der Waals surface area contributed by atoms with E-state index in [0.717, 1.165) is 0 Å². The second kappa shape index (κ2) is 14.2. The minimum Gasteiger partial charge on any atom is -1.00 e. The van der Waals surface area contributed by atoms with Crippen LogP contribution in [0.2, 0.25) is 0 Å². The van der Waals surface area contributed by atoms with Gasteiger partial charge in [0, 0.05) is 24.8 Å². The van der Waals surface area contributed by atoms with E-state index in [4.69, 9.17) is 0 Å². The number of aromatic nitrogens is 4. The molecule has 0 aromatic carbocycles. The molecule has 0 saturated heterocycles. The van der Waals surface area contributed by atoms with Gasteiger partial charge in [0.1, 0.15) is 0 Å². The Balaban J connectivity index is -0.000000125. The van der Waals surface area contributed by atoms with Crippen LogP contribution in [0, 0.1) is 0 Å². The van der Waals surface area contributed by atoms with Gasteiger partial charge in [-0.1, -0.05) is 0 Å². The van der Waals surface area contributed by atoms with Crippen molar-refractivity contribution in [2.24, 2.45) is 0 Å². The Bertz CT molecular complexity index is 162. The van der Waals surface area contributed by atoms with E-state index in [1.807, 2.05) is 0 Å². The molecular formula is C6H8Cl2N4Pt. The van der Waals surface area contributed by atoms with Crippen LogP contribution in [0.25, 0.3) is 0 Å². The summed E-state index contributed by atoms with van der Waals surface area (Å²) in [7, 11) is 0. The van der Waals surface area contributed by atoms with E-state index in [0.29, 0.717) is 0 Å². The summed E-state index contributed by atoms with van der Waals surface area (Å²) in [6.07, 6.45) is 10.2. The van der Waals surface area contributed by atoms with Crippen molar-refractivity contribution in [1.82, 2.24) is 19.9 Å². The molecule has 0 aliphatic rings. The van der Waals surface area contributed by atoms with Crippen molar-refractivity contribution < 1.29 is 45.9 Å². The number of aromatic amines is 2. The van der Waals surface area contributed by atoms with Crippen LogP contribution >= 0.6 is 0 Å². The molecule has 0 spiro atoms. The summed E-state index contributed by atoms with van der Waals surface area (Å²) in [5, 5.41) is 0. The molecular weight excluding hydrogens is 394 g/mol. The van der Waals surface area contributed by atoms with Gasteiger partial charge in [-0.05, 0) is 0 Å². The molecule has 0 amide bonds. The summed E-state index contributed by atoms with van der Waals surface area (Å²) in [5.74, 6) is 0. The van der Waals surface area contributed by atoms with Crippen molar-refractivity contribution in [3.8, 4) is 0 Å². The summed E-state index contributed by atoms with van der Waals surface area (Å²) in [6.45, 7) is 0. The van der Waals surface area contributed by atoms with Gasteiger partial charge in [0.25, 0.3) is 0 Å². The van der Waals surface area contributed by atoms with Crippen LogP contribution in [0.5, 0.6) is 0 Å². The van der Waals surface area contributed by atoms with Gasteiger partial charge in [-0.2, -0.15) is 0 Å². The molecule has 76 valence electrons. The van der Waals surface area contributed by atoms with E-state index in [1.54, 1.807) is 37.4 Å². The fourth-order valence-corrected chi connectivity index (χ4v) is 0.430. The fraction of sp³-hybridized carbons (Fsp3) is 0. The van der Waals surface area contributed by atoms with Crippen LogP contribution in [0.1, 0.15) is 0 Å². The average molecular weight is 402 g/mol. The summed E-state index contributed by atoms with van der Waals surface area (Å²) < 4.78 is 0. The van der Waals surface area contributed by atoms with Gasteiger partial charge in [0.05, 0.1) is 12.7 Å². The van der Waals surface area contributed by atoms with E-state index in [2.05, 4.69) is 19.9 Å². The van der Waals surface area contributed by atoms with Gasteiger partial charge in [0.2, 0.25) is 0 Å². The maximum Gasteiger partial charge on any atom is 2.00 e. The Kier molecular flexibility index (Phi) is 20.2. The Hall–Kier alpha value is -0.312. The van der Waals surface area contributed by atoms with Gasteiger partial charge in [-0.3, -0.25) is 0 Å². The van der Waals surface area contributed by atoms with Crippen LogP contribution in [-0.4, -0.2) is 19.9 Å². The number of nitrogens with zero attached hydrogens (tertiary/aromatic N) is 2. The topological polar surface area (TPSA) is 57.4 Å². The predicted octanol–water partition coefficient (Wildman–Crippen LogP) is -5.18. The Morgan fingerprint density at radius 1 is 0.769 bits per heavy atom. The molecule has 4 nitrogen and oxygen atoms in total. The molecule has 0 unspecified atom stereocenters. The van der Waals surface area contributed by atoms with E-state index in [-0.39, 0.29) is 45.9 Å². The standard InChI is InChI=1S/2C3H4N2.2ClH.Pt/c2*1-2-5-3-4-1;;;/h2*1-3H,(H,4,5);2*1H;/q;;;;+2/p-2. The molecule has 2 aromatic rings. The van der Waals surface area contributed by atoms with Crippen molar-refractivity contribution in [3.05, 3.63) is 37.4 Å². The second-order valence-electron chi connectivity index (χ2n) is 1.52. The smallest absolute Gasteiger partial charge is 1.00 e. The monoisotopic (exact) mass is 401 g/mol. The van der Waals surface area contributed by atoms with Crippen LogP contribution in [0.15, 0.2) is 37.4 Å².